The van der Waals surface area contributed by atoms with Gasteiger partial charge < -0.3 is 4.42 Å². The number of carbonyl (C=O) groups is 2. The van der Waals surface area contributed by atoms with Crippen LogP contribution < -0.4 is 0 Å². The average Bonchev–Trinajstić information content (AvgIpc) is 3.14. The van der Waals surface area contributed by atoms with E-state index >= 15 is 0 Å². The van der Waals surface area contributed by atoms with Crippen molar-refractivity contribution >= 4 is 27.5 Å². The van der Waals surface area contributed by atoms with E-state index in [-0.39, 0.29) is 23.2 Å². The predicted molar refractivity (Wildman–Crippen MR) is 111 cm³/mol. The van der Waals surface area contributed by atoms with Gasteiger partial charge in [-0.05, 0) is 30.5 Å². The molecule has 2 aromatic carbocycles. The number of rotatable bonds is 2. The Morgan fingerprint density at radius 2 is 1.43 bits per heavy atom. The second kappa shape index (κ2) is 6.85. The van der Waals surface area contributed by atoms with Gasteiger partial charge in [0.1, 0.15) is 5.76 Å². The van der Waals surface area contributed by atoms with Crippen LogP contribution in [0.5, 0.6) is 0 Å². The maximum atomic E-state index is 13.4. The monoisotopic (exact) mass is 434 g/mol. The summed E-state index contributed by atoms with van der Waals surface area (Å²) in [5.74, 6) is 0.963. The van der Waals surface area contributed by atoms with Gasteiger partial charge in [0.05, 0.1) is 5.56 Å². The summed E-state index contributed by atoms with van der Waals surface area (Å²) in [6.45, 7) is 0. The number of benzene rings is 2. The van der Waals surface area contributed by atoms with Crippen LogP contribution in [0.3, 0.4) is 0 Å². The molecule has 1 fully saturated rings. The highest BCUT2D eigenvalue weighted by atomic mass is 79.9. The van der Waals surface area contributed by atoms with Crippen molar-refractivity contribution in [2.75, 3.05) is 0 Å². The molecule has 1 aromatic heterocycles. The lowest BCUT2D eigenvalue weighted by Crippen LogP contribution is -2.19. The quantitative estimate of drug-likeness (QED) is 0.360. The maximum absolute atomic E-state index is 13.4. The Hall–Kier alpha value is -2.46. The van der Waals surface area contributed by atoms with Gasteiger partial charge in [0.25, 0.3) is 0 Å². The van der Waals surface area contributed by atoms with Gasteiger partial charge in [0.15, 0.2) is 11.5 Å². The van der Waals surface area contributed by atoms with Crippen LogP contribution in [0.2, 0.25) is 0 Å². The highest BCUT2D eigenvalue weighted by molar-refractivity contribution is 9.10. The molecule has 0 amide bonds. The third-order valence-electron chi connectivity index (χ3n) is 5.89. The summed E-state index contributed by atoms with van der Waals surface area (Å²) in [6.07, 6.45) is 5.60. The summed E-state index contributed by atoms with van der Waals surface area (Å²) in [5.41, 5.74) is 3.07. The highest BCUT2D eigenvalue weighted by Gasteiger charge is 2.39. The molecular formula is C24H19BrO3. The normalized spacial score (nSPS) is 16.8. The highest BCUT2D eigenvalue weighted by Crippen LogP contribution is 2.45. The molecule has 0 atom stereocenters. The zero-order chi connectivity index (χ0) is 19.3. The minimum atomic E-state index is -0.189. The first kappa shape index (κ1) is 17.6. The van der Waals surface area contributed by atoms with Crippen molar-refractivity contribution in [2.45, 2.75) is 38.0 Å². The Bertz CT molecular complexity index is 1090. The maximum Gasteiger partial charge on any atom is 0.229 e. The van der Waals surface area contributed by atoms with Gasteiger partial charge in [-0.25, -0.2) is 0 Å². The smallest absolute Gasteiger partial charge is 0.229 e. The fraction of sp³-hybridized carbons (Fsp3) is 0.250. The molecule has 0 radical (unpaired) electrons. The Labute approximate surface area is 171 Å². The van der Waals surface area contributed by atoms with Crippen molar-refractivity contribution in [3.8, 4) is 11.1 Å². The Balaban J connectivity index is 1.76. The minimum Gasteiger partial charge on any atom is -0.456 e. The summed E-state index contributed by atoms with van der Waals surface area (Å²) in [6, 6.07) is 14.9. The topological polar surface area (TPSA) is 47.3 Å². The van der Waals surface area contributed by atoms with Crippen molar-refractivity contribution in [3.05, 3.63) is 81.2 Å². The summed E-state index contributed by atoms with van der Waals surface area (Å²) in [5, 5.41) is 0. The van der Waals surface area contributed by atoms with Crippen LogP contribution >= 0.6 is 15.9 Å². The van der Waals surface area contributed by atoms with Crippen molar-refractivity contribution in [1.29, 1.82) is 0 Å². The number of furan rings is 1. The lowest BCUT2D eigenvalue weighted by molar-refractivity contribution is 0.0959. The first-order chi connectivity index (χ1) is 13.6. The standard InChI is InChI=1S/C24H19BrO3/c25-16-12-10-14(11-13-16)19-20-21(26)17-8-4-5-9-18(17)22(27)24(20)28-23(19)15-6-2-1-3-7-15/h4-5,8-13,15H,1-3,6-7H2. The van der Waals surface area contributed by atoms with Crippen molar-refractivity contribution in [2.24, 2.45) is 0 Å². The molecule has 0 aliphatic heterocycles. The van der Waals surface area contributed by atoms with Crippen molar-refractivity contribution in [1.82, 2.24) is 0 Å². The van der Waals surface area contributed by atoms with Gasteiger partial charge in [0.2, 0.25) is 5.78 Å². The molecule has 0 unspecified atom stereocenters. The molecule has 2 aliphatic carbocycles. The zero-order valence-electron chi connectivity index (χ0n) is 15.3. The van der Waals surface area contributed by atoms with E-state index in [1.807, 2.05) is 24.3 Å². The van der Waals surface area contributed by atoms with Crippen LogP contribution in [-0.4, -0.2) is 11.6 Å². The Kier molecular flexibility index (Phi) is 4.31. The van der Waals surface area contributed by atoms with E-state index in [0.717, 1.165) is 47.0 Å². The SMILES string of the molecule is O=C1c2ccccc2C(=O)c2c1oc(C1CCCCC1)c2-c1ccc(Br)cc1. The summed E-state index contributed by atoms with van der Waals surface area (Å²) >= 11 is 3.48. The molecule has 1 heterocycles. The van der Waals surface area contributed by atoms with Gasteiger partial charge in [0, 0.05) is 27.1 Å². The molecule has 0 bridgehead atoms. The lowest BCUT2D eigenvalue weighted by Gasteiger charge is -2.21. The number of hydrogen-bond donors (Lipinski definition) is 0. The molecule has 0 N–H and O–H groups in total. The lowest BCUT2D eigenvalue weighted by atomic mass is 9.81. The van der Waals surface area contributed by atoms with E-state index in [4.69, 9.17) is 4.42 Å². The van der Waals surface area contributed by atoms with Gasteiger partial charge in [-0.3, -0.25) is 9.59 Å². The molecule has 0 spiro atoms. The van der Waals surface area contributed by atoms with Crippen LogP contribution in [0.25, 0.3) is 11.1 Å². The first-order valence-electron chi connectivity index (χ1n) is 9.76. The van der Waals surface area contributed by atoms with Crippen LogP contribution in [0.4, 0.5) is 0 Å². The zero-order valence-corrected chi connectivity index (χ0v) is 16.9. The first-order valence-corrected chi connectivity index (χ1v) is 10.6. The second-order valence-corrected chi connectivity index (χ2v) is 8.51. The largest absolute Gasteiger partial charge is 0.456 e. The summed E-state index contributed by atoms with van der Waals surface area (Å²) in [7, 11) is 0. The molecular weight excluding hydrogens is 416 g/mol. The fourth-order valence-corrected chi connectivity index (χ4v) is 4.78. The predicted octanol–water partition coefficient (Wildman–Crippen LogP) is 6.53. The van der Waals surface area contributed by atoms with Crippen LogP contribution in [0.15, 0.2) is 57.4 Å². The molecule has 3 nitrogen and oxygen atoms in total. The number of carbonyl (C=O) groups excluding carboxylic acids is 2. The summed E-state index contributed by atoms with van der Waals surface area (Å²) in [4.78, 5) is 26.5. The van der Waals surface area contributed by atoms with Crippen LogP contribution in [0.1, 0.15) is 75.8 Å². The minimum absolute atomic E-state index is 0.117. The molecule has 4 heteroatoms. The molecule has 0 saturated heterocycles. The number of fused-ring (bicyclic) bond motifs is 2. The number of hydrogen-bond acceptors (Lipinski definition) is 3. The Morgan fingerprint density at radius 1 is 0.786 bits per heavy atom. The van der Waals surface area contributed by atoms with E-state index in [1.165, 1.54) is 6.42 Å². The van der Waals surface area contributed by atoms with E-state index in [1.54, 1.807) is 24.3 Å². The molecule has 28 heavy (non-hydrogen) atoms. The van der Waals surface area contributed by atoms with E-state index in [0.29, 0.717) is 16.7 Å². The second-order valence-electron chi connectivity index (χ2n) is 7.59. The van der Waals surface area contributed by atoms with Gasteiger partial charge in [-0.15, -0.1) is 0 Å². The fourth-order valence-electron chi connectivity index (χ4n) is 4.52. The third-order valence-corrected chi connectivity index (χ3v) is 6.42. The molecule has 2 aliphatic rings. The molecule has 3 aromatic rings. The van der Waals surface area contributed by atoms with Crippen molar-refractivity contribution in [3.63, 3.8) is 0 Å². The van der Waals surface area contributed by atoms with Gasteiger partial charge in [-0.1, -0.05) is 71.6 Å². The molecule has 5 rings (SSSR count). The van der Waals surface area contributed by atoms with E-state index in [9.17, 15) is 9.59 Å². The van der Waals surface area contributed by atoms with Crippen molar-refractivity contribution < 1.29 is 14.0 Å². The number of halogens is 1. The van der Waals surface area contributed by atoms with Gasteiger partial charge in [-0.2, -0.15) is 0 Å². The number of ketones is 2. The molecule has 140 valence electrons. The van der Waals surface area contributed by atoms with Gasteiger partial charge >= 0.3 is 0 Å². The van der Waals surface area contributed by atoms with Crippen LogP contribution in [-0.2, 0) is 0 Å². The average molecular weight is 435 g/mol. The molecule has 1 saturated carbocycles. The van der Waals surface area contributed by atoms with Crippen LogP contribution in [0, 0.1) is 0 Å². The van der Waals surface area contributed by atoms with E-state index in [2.05, 4.69) is 15.9 Å². The summed E-state index contributed by atoms with van der Waals surface area (Å²) < 4.78 is 7.19. The third kappa shape index (κ3) is 2.70. The Morgan fingerprint density at radius 3 is 2.11 bits per heavy atom. The van der Waals surface area contributed by atoms with E-state index < -0.39 is 0 Å².